The van der Waals surface area contributed by atoms with E-state index in [4.69, 9.17) is 9.72 Å². The molecule has 1 amide bonds. The van der Waals surface area contributed by atoms with Crippen molar-refractivity contribution in [3.05, 3.63) is 58.4 Å². The number of unbranched alkanes of at least 4 members (excludes halogenated alkanes) is 1. The van der Waals surface area contributed by atoms with Crippen LogP contribution in [0, 0.1) is 0 Å². The zero-order chi connectivity index (χ0) is 24.8. The van der Waals surface area contributed by atoms with Crippen molar-refractivity contribution in [3.63, 3.8) is 0 Å². The van der Waals surface area contributed by atoms with E-state index < -0.39 is 0 Å². The lowest BCUT2D eigenvalue weighted by atomic mass is 10.0. The minimum absolute atomic E-state index is 0.0502. The molecule has 1 aliphatic heterocycles. The Balaban J connectivity index is 1.53. The van der Waals surface area contributed by atoms with Crippen molar-refractivity contribution in [1.82, 2.24) is 9.55 Å². The van der Waals surface area contributed by atoms with Crippen molar-refractivity contribution in [2.45, 2.75) is 51.2 Å². The molecule has 1 aliphatic rings. The van der Waals surface area contributed by atoms with Gasteiger partial charge in [0.1, 0.15) is 0 Å². The lowest BCUT2D eigenvalue weighted by Crippen LogP contribution is -2.36. The summed E-state index contributed by atoms with van der Waals surface area (Å²) in [5, 5.41) is 4.14. The number of carbonyl (C=O) groups excluding carboxylic acids is 1. The third-order valence-corrected chi connectivity index (χ3v) is 7.18. The van der Waals surface area contributed by atoms with Gasteiger partial charge in [0.25, 0.3) is 5.56 Å². The molecule has 0 saturated carbocycles. The number of thioether (sulfide) groups is 1. The molecule has 4 rings (SSSR count). The molecule has 1 saturated heterocycles. The molecule has 0 spiro atoms. The van der Waals surface area contributed by atoms with Crippen molar-refractivity contribution >= 4 is 39.9 Å². The molecule has 0 bridgehead atoms. The summed E-state index contributed by atoms with van der Waals surface area (Å²) in [5.74, 6) is 0.507. The van der Waals surface area contributed by atoms with Crippen molar-refractivity contribution in [2.24, 2.45) is 0 Å². The minimum Gasteiger partial charge on any atom is -0.378 e. The van der Waals surface area contributed by atoms with Crippen LogP contribution in [0.5, 0.6) is 0 Å². The normalized spacial score (nSPS) is 14.0. The maximum absolute atomic E-state index is 13.5. The van der Waals surface area contributed by atoms with E-state index >= 15 is 0 Å². The molecule has 8 heteroatoms. The maximum atomic E-state index is 13.5. The number of amides is 1. The van der Waals surface area contributed by atoms with Crippen LogP contribution in [0.25, 0.3) is 10.9 Å². The van der Waals surface area contributed by atoms with Gasteiger partial charge in [-0.05, 0) is 48.2 Å². The van der Waals surface area contributed by atoms with Gasteiger partial charge in [0, 0.05) is 31.0 Å². The van der Waals surface area contributed by atoms with E-state index in [0.717, 1.165) is 37.3 Å². The van der Waals surface area contributed by atoms with E-state index in [0.29, 0.717) is 41.7 Å². The summed E-state index contributed by atoms with van der Waals surface area (Å²) in [6.07, 6.45) is 1.84. The van der Waals surface area contributed by atoms with Gasteiger partial charge in [-0.15, -0.1) is 0 Å². The maximum Gasteiger partial charge on any atom is 0.262 e. The molecule has 3 aromatic rings. The molecule has 1 fully saturated rings. The number of hydrogen-bond donors (Lipinski definition) is 1. The second kappa shape index (κ2) is 11.7. The Morgan fingerprint density at radius 2 is 1.89 bits per heavy atom. The summed E-state index contributed by atoms with van der Waals surface area (Å²) in [6.45, 7) is 9.97. The molecule has 186 valence electrons. The number of carbonyl (C=O) groups is 1. The molecule has 7 nitrogen and oxygen atoms in total. The minimum atomic E-state index is -0.119. The van der Waals surface area contributed by atoms with Crippen molar-refractivity contribution in [3.8, 4) is 0 Å². The summed E-state index contributed by atoms with van der Waals surface area (Å²) >= 11 is 1.31. The summed E-state index contributed by atoms with van der Waals surface area (Å²) < 4.78 is 7.18. The highest BCUT2D eigenvalue weighted by atomic mass is 32.2. The van der Waals surface area contributed by atoms with Gasteiger partial charge in [-0.1, -0.05) is 51.1 Å². The molecule has 35 heavy (non-hydrogen) atoms. The van der Waals surface area contributed by atoms with Crippen LogP contribution >= 0.6 is 11.8 Å². The molecule has 0 unspecified atom stereocenters. The second-order valence-corrected chi connectivity index (χ2v) is 10.1. The predicted molar refractivity (Wildman–Crippen MR) is 144 cm³/mol. The van der Waals surface area contributed by atoms with Crippen molar-refractivity contribution in [2.75, 3.05) is 42.3 Å². The third-order valence-electron chi connectivity index (χ3n) is 6.21. The van der Waals surface area contributed by atoms with Gasteiger partial charge >= 0.3 is 0 Å². The smallest absolute Gasteiger partial charge is 0.262 e. The largest absolute Gasteiger partial charge is 0.378 e. The Kier molecular flexibility index (Phi) is 8.46. The zero-order valence-electron chi connectivity index (χ0n) is 20.8. The van der Waals surface area contributed by atoms with Crippen LogP contribution in [0.2, 0.25) is 0 Å². The van der Waals surface area contributed by atoms with E-state index in [9.17, 15) is 9.59 Å². The van der Waals surface area contributed by atoms with Gasteiger partial charge in [-0.3, -0.25) is 14.2 Å². The van der Waals surface area contributed by atoms with Gasteiger partial charge in [-0.25, -0.2) is 4.98 Å². The first-order chi connectivity index (χ1) is 17.0. The van der Waals surface area contributed by atoms with Gasteiger partial charge in [-0.2, -0.15) is 0 Å². The molecule has 0 radical (unpaired) electrons. The van der Waals surface area contributed by atoms with Gasteiger partial charge in [0.2, 0.25) is 5.91 Å². The second-order valence-electron chi connectivity index (χ2n) is 9.12. The van der Waals surface area contributed by atoms with Crippen molar-refractivity contribution in [1.29, 1.82) is 0 Å². The number of aromatic nitrogens is 2. The Morgan fingerprint density at radius 1 is 1.14 bits per heavy atom. The summed E-state index contributed by atoms with van der Waals surface area (Å²) in [6, 6.07) is 13.8. The zero-order valence-corrected chi connectivity index (χ0v) is 21.6. The van der Waals surface area contributed by atoms with Crippen LogP contribution in [-0.2, 0) is 16.1 Å². The summed E-state index contributed by atoms with van der Waals surface area (Å²) in [5.41, 5.74) is 3.63. The number of ether oxygens (including phenoxy) is 1. The lowest BCUT2D eigenvalue weighted by Gasteiger charge is -2.29. The van der Waals surface area contributed by atoms with E-state index in [1.807, 2.05) is 42.5 Å². The van der Waals surface area contributed by atoms with E-state index in [2.05, 4.69) is 31.0 Å². The average molecular weight is 495 g/mol. The number of fused-ring (bicyclic) bond motifs is 1. The fourth-order valence-corrected chi connectivity index (χ4v) is 4.93. The number of nitrogens with zero attached hydrogens (tertiary/aromatic N) is 3. The Hall–Kier alpha value is -2.84. The SMILES string of the molecule is CCCCn1c(SCC(=O)Nc2ccc(C(C)C)cc2)nc2ccc(N3CCOCC3)cc2c1=O. The fourth-order valence-electron chi connectivity index (χ4n) is 4.11. The third kappa shape index (κ3) is 6.24. The van der Waals surface area contributed by atoms with Crippen LogP contribution < -0.4 is 15.8 Å². The molecule has 1 N–H and O–H groups in total. The highest BCUT2D eigenvalue weighted by Gasteiger charge is 2.17. The van der Waals surface area contributed by atoms with Crippen molar-refractivity contribution < 1.29 is 9.53 Å². The summed E-state index contributed by atoms with van der Waals surface area (Å²) in [7, 11) is 0. The van der Waals surface area contributed by atoms with Gasteiger partial charge < -0.3 is 15.0 Å². The Labute approximate surface area is 210 Å². The van der Waals surface area contributed by atoms with Crippen LogP contribution in [0.15, 0.2) is 52.4 Å². The number of morpholine rings is 1. The van der Waals surface area contributed by atoms with E-state index in [1.54, 1.807) is 4.57 Å². The molecular weight excluding hydrogens is 460 g/mol. The van der Waals surface area contributed by atoms with Crippen LogP contribution in [0.4, 0.5) is 11.4 Å². The highest BCUT2D eigenvalue weighted by Crippen LogP contribution is 2.24. The first-order valence-electron chi connectivity index (χ1n) is 12.4. The molecule has 0 aliphatic carbocycles. The monoisotopic (exact) mass is 494 g/mol. The standard InChI is InChI=1S/C27H34N4O3S/c1-4-5-12-31-26(33)23-17-22(30-13-15-34-16-14-30)10-11-24(23)29-27(31)35-18-25(32)28-21-8-6-20(7-9-21)19(2)3/h6-11,17,19H,4-5,12-16,18H2,1-3H3,(H,28,32). The first-order valence-corrected chi connectivity index (χ1v) is 13.3. The van der Waals surface area contributed by atoms with Crippen LogP contribution in [0.3, 0.4) is 0 Å². The number of rotatable bonds is 9. The molecule has 2 aromatic carbocycles. The molecule has 1 aromatic heterocycles. The van der Waals surface area contributed by atoms with Crippen LogP contribution in [-0.4, -0.2) is 47.5 Å². The topological polar surface area (TPSA) is 76.5 Å². The number of benzene rings is 2. The van der Waals surface area contributed by atoms with Gasteiger partial charge in [0.05, 0.1) is 29.9 Å². The van der Waals surface area contributed by atoms with E-state index in [-0.39, 0.29) is 17.2 Å². The Morgan fingerprint density at radius 3 is 2.57 bits per heavy atom. The number of anilines is 2. The highest BCUT2D eigenvalue weighted by molar-refractivity contribution is 7.99. The lowest BCUT2D eigenvalue weighted by molar-refractivity contribution is -0.113. The van der Waals surface area contributed by atoms with E-state index in [1.165, 1.54) is 17.3 Å². The molecular formula is C27H34N4O3S. The molecule has 2 heterocycles. The average Bonchev–Trinajstić information content (AvgIpc) is 2.87. The summed E-state index contributed by atoms with van der Waals surface area (Å²) in [4.78, 5) is 33.1. The predicted octanol–water partition coefficient (Wildman–Crippen LogP) is 4.89. The first kappa shape index (κ1) is 25.3. The number of hydrogen-bond acceptors (Lipinski definition) is 6. The number of nitrogens with one attached hydrogen (secondary N) is 1. The van der Waals surface area contributed by atoms with Gasteiger partial charge in [0.15, 0.2) is 5.16 Å². The molecule has 0 atom stereocenters. The quantitative estimate of drug-likeness (QED) is 0.337. The van der Waals surface area contributed by atoms with Crippen LogP contribution in [0.1, 0.15) is 45.1 Å². The Bertz CT molecular complexity index is 1220. The fraction of sp³-hybridized carbons (Fsp3) is 0.444.